The average Bonchev–Trinajstić information content (AvgIpc) is 3.54. The van der Waals surface area contributed by atoms with Gasteiger partial charge in [0.05, 0.1) is 19.1 Å². The molecule has 3 aliphatic rings. The van der Waals surface area contributed by atoms with E-state index in [2.05, 4.69) is 16.4 Å². The monoisotopic (exact) mass is 463 g/mol. The Kier molecular flexibility index (Phi) is 5.47. The molecule has 1 saturated carbocycles. The zero-order chi connectivity index (χ0) is 24.0. The van der Waals surface area contributed by atoms with E-state index in [1.165, 1.54) is 0 Å². The number of carbonyl (C=O) groups is 3. The van der Waals surface area contributed by atoms with E-state index in [4.69, 9.17) is 10.5 Å². The quantitative estimate of drug-likeness (QED) is 0.600. The molecule has 178 valence electrons. The van der Waals surface area contributed by atoms with Crippen LogP contribution in [0.25, 0.3) is 10.9 Å². The Hall–Kier alpha value is -3.54. The maximum Gasteiger partial charge on any atom is 0.271 e. The minimum absolute atomic E-state index is 0.0149. The first-order valence-electron chi connectivity index (χ1n) is 11.8. The zero-order valence-corrected chi connectivity index (χ0v) is 19.2. The topological polar surface area (TPSA) is 141 Å². The number of rotatable bonds is 6. The molecular formula is C25H29N5O4. The Morgan fingerprint density at radius 1 is 1.38 bits per heavy atom. The Morgan fingerprint density at radius 3 is 2.82 bits per heavy atom. The van der Waals surface area contributed by atoms with Crippen LogP contribution in [0.2, 0.25) is 0 Å². The van der Waals surface area contributed by atoms with Gasteiger partial charge in [-0.1, -0.05) is 6.07 Å². The first-order chi connectivity index (χ1) is 16.4. The van der Waals surface area contributed by atoms with Gasteiger partial charge in [-0.2, -0.15) is 5.26 Å². The number of nitrogens with two attached hydrogens (primary N) is 1. The molecule has 2 saturated heterocycles. The van der Waals surface area contributed by atoms with Gasteiger partial charge >= 0.3 is 0 Å². The maximum atomic E-state index is 13.6. The lowest BCUT2D eigenvalue weighted by Gasteiger charge is -2.49. The van der Waals surface area contributed by atoms with Crippen LogP contribution >= 0.6 is 0 Å². The third-order valence-corrected chi connectivity index (χ3v) is 8.22. The molecule has 3 amide bonds. The number of nitrogens with zero attached hydrogens (tertiary/aromatic N) is 2. The maximum absolute atomic E-state index is 13.6. The second kappa shape index (κ2) is 8.35. The number of likely N-dealkylation sites (tertiary alicyclic amines) is 1. The van der Waals surface area contributed by atoms with Crippen LogP contribution in [0.5, 0.6) is 5.75 Å². The largest absolute Gasteiger partial charge is 0.496 e. The van der Waals surface area contributed by atoms with Crippen molar-refractivity contribution in [2.45, 2.75) is 38.1 Å². The molecule has 9 nitrogen and oxygen atoms in total. The van der Waals surface area contributed by atoms with E-state index in [0.29, 0.717) is 37.4 Å². The molecule has 3 fully saturated rings. The van der Waals surface area contributed by atoms with E-state index in [0.717, 1.165) is 30.2 Å². The number of carbonyl (C=O) groups excluding carboxylic acids is 3. The van der Waals surface area contributed by atoms with Crippen molar-refractivity contribution in [1.82, 2.24) is 15.2 Å². The molecule has 9 heteroatoms. The highest BCUT2D eigenvalue weighted by molar-refractivity contribution is 6.01. The summed E-state index contributed by atoms with van der Waals surface area (Å²) in [5, 5.41) is 13.6. The Bertz CT molecular complexity index is 1200. The van der Waals surface area contributed by atoms with E-state index in [1.54, 1.807) is 18.1 Å². The summed E-state index contributed by atoms with van der Waals surface area (Å²) in [6.45, 7) is 1.03. The SMILES string of the molecule is COc1cccc2[nH]c(C(=O)N3CC4(CCC4[C@@H](C#N)C[C@H]4CCNC4=O)CC3C(N)=O)cc12. The molecule has 4 N–H and O–H groups in total. The van der Waals surface area contributed by atoms with Crippen LogP contribution in [-0.2, 0) is 9.59 Å². The van der Waals surface area contributed by atoms with E-state index in [9.17, 15) is 19.6 Å². The average molecular weight is 464 g/mol. The van der Waals surface area contributed by atoms with Gasteiger partial charge in [0.15, 0.2) is 0 Å². The smallest absolute Gasteiger partial charge is 0.271 e. The number of hydrogen-bond acceptors (Lipinski definition) is 5. The van der Waals surface area contributed by atoms with Crippen LogP contribution in [0.1, 0.15) is 42.6 Å². The number of fused-ring (bicyclic) bond motifs is 1. The molecule has 0 bridgehead atoms. The number of H-pyrrole nitrogens is 1. The van der Waals surface area contributed by atoms with Crippen molar-refractivity contribution in [3.63, 3.8) is 0 Å². The first kappa shape index (κ1) is 22.3. The van der Waals surface area contributed by atoms with Crippen molar-refractivity contribution in [2.75, 3.05) is 20.2 Å². The lowest BCUT2D eigenvalue weighted by Crippen LogP contribution is -2.47. The van der Waals surface area contributed by atoms with Gasteiger partial charge < -0.3 is 25.7 Å². The summed E-state index contributed by atoms with van der Waals surface area (Å²) in [5.74, 6) is -0.543. The van der Waals surface area contributed by atoms with Crippen molar-refractivity contribution < 1.29 is 19.1 Å². The number of nitriles is 1. The van der Waals surface area contributed by atoms with Crippen LogP contribution in [-0.4, -0.2) is 53.8 Å². The van der Waals surface area contributed by atoms with E-state index in [1.807, 2.05) is 18.2 Å². The van der Waals surface area contributed by atoms with Crippen LogP contribution < -0.4 is 15.8 Å². The molecular weight excluding hydrogens is 434 g/mol. The highest BCUT2D eigenvalue weighted by Gasteiger charge is 2.58. The number of amides is 3. The van der Waals surface area contributed by atoms with Gasteiger partial charge in [-0.05, 0) is 61.6 Å². The van der Waals surface area contributed by atoms with Crippen LogP contribution in [0.3, 0.4) is 0 Å². The van der Waals surface area contributed by atoms with Gasteiger partial charge in [0.2, 0.25) is 11.8 Å². The van der Waals surface area contributed by atoms with Crippen LogP contribution in [0.15, 0.2) is 24.3 Å². The number of aromatic nitrogens is 1. The highest BCUT2D eigenvalue weighted by Crippen LogP contribution is 2.58. The Morgan fingerprint density at radius 2 is 2.21 bits per heavy atom. The minimum atomic E-state index is -0.724. The summed E-state index contributed by atoms with van der Waals surface area (Å²) in [7, 11) is 1.58. The number of hydrogen-bond donors (Lipinski definition) is 3. The van der Waals surface area contributed by atoms with Gasteiger partial charge in [0.25, 0.3) is 5.91 Å². The van der Waals surface area contributed by atoms with Gasteiger partial charge in [0, 0.05) is 29.9 Å². The fourth-order valence-corrected chi connectivity index (χ4v) is 6.33. The standard InChI is InChI=1S/C25H29N5O4/c1-34-21-4-2-3-18-16(21)10-19(29-18)24(33)30-13-25(11-20(30)22(27)31)7-5-17(25)15(12-26)9-14-6-8-28-23(14)32/h2-4,10,14-15,17,20,29H,5-9,11,13H2,1H3,(H2,27,31)(H,28,32)/t14-,15-,17?,20?,25?/m1/s1. The molecule has 3 heterocycles. The number of ether oxygens (including phenoxy) is 1. The molecule has 1 spiro atoms. The highest BCUT2D eigenvalue weighted by atomic mass is 16.5. The fourth-order valence-electron chi connectivity index (χ4n) is 6.33. The van der Waals surface area contributed by atoms with Gasteiger partial charge in [-0.15, -0.1) is 0 Å². The number of methoxy groups -OCH3 is 1. The van der Waals surface area contributed by atoms with E-state index in [-0.39, 0.29) is 35.0 Å². The molecule has 2 aromatic rings. The molecule has 0 radical (unpaired) electrons. The summed E-state index contributed by atoms with van der Waals surface area (Å²) < 4.78 is 5.40. The summed E-state index contributed by atoms with van der Waals surface area (Å²) >= 11 is 0. The second-order valence-electron chi connectivity index (χ2n) is 9.92. The lowest BCUT2D eigenvalue weighted by atomic mass is 9.54. The molecule has 2 aliphatic heterocycles. The van der Waals surface area contributed by atoms with Crippen molar-refractivity contribution in [3.8, 4) is 11.8 Å². The molecule has 5 atom stereocenters. The van der Waals surface area contributed by atoms with E-state index < -0.39 is 11.9 Å². The fraction of sp³-hybridized carbons (Fsp3) is 0.520. The number of nitrogens with one attached hydrogen (secondary N) is 2. The Labute approximate surface area is 197 Å². The van der Waals surface area contributed by atoms with Crippen molar-refractivity contribution in [1.29, 1.82) is 5.26 Å². The normalized spacial score (nSPS) is 29.0. The predicted molar refractivity (Wildman–Crippen MR) is 123 cm³/mol. The van der Waals surface area contributed by atoms with Gasteiger partial charge in [-0.3, -0.25) is 14.4 Å². The first-order valence-corrected chi connectivity index (χ1v) is 11.8. The third-order valence-electron chi connectivity index (χ3n) is 8.22. The molecule has 3 unspecified atom stereocenters. The zero-order valence-electron chi connectivity index (χ0n) is 19.2. The van der Waals surface area contributed by atoms with Gasteiger partial charge in [-0.25, -0.2) is 0 Å². The second-order valence-corrected chi connectivity index (χ2v) is 9.92. The number of benzene rings is 1. The minimum Gasteiger partial charge on any atom is -0.496 e. The molecule has 5 rings (SSSR count). The summed E-state index contributed by atoms with van der Waals surface area (Å²) in [6.07, 6.45) is 3.41. The lowest BCUT2D eigenvalue weighted by molar-refractivity contribution is -0.123. The van der Waals surface area contributed by atoms with Gasteiger partial charge in [0.1, 0.15) is 17.5 Å². The summed E-state index contributed by atoms with van der Waals surface area (Å²) in [4.78, 5) is 42.8. The Balaban J connectivity index is 1.40. The molecule has 1 aliphatic carbocycles. The predicted octanol–water partition coefficient (Wildman–Crippen LogP) is 1.94. The summed E-state index contributed by atoms with van der Waals surface area (Å²) in [5.41, 5.74) is 6.57. The number of primary amides is 1. The third kappa shape index (κ3) is 3.49. The van der Waals surface area contributed by atoms with Crippen molar-refractivity contribution in [2.24, 2.45) is 28.9 Å². The van der Waals surface area contributed by atoms with E-state index >= 15 is 0 Å². The van der Waals surface area contributed by atoms with Crippen LogP contribution in [0.4, 0.5) is 0 Å². The van der Waals surface area contributed by atoms with Crippen molar-refractivity contribution in [3.05, 3.63) is 30.0 Å². The van der Waals surface area contributed by atoms with Crippen molar-refractivity contribution >= 4 is 28.6 Å². The number of aromatic amines is 1. The summed E-state index contributed by atoms with van der Waals surface area (Å²) in [6, 6.07) is 8.99. The molecule has 34 heavy (non-hydrogen) atoms. The van der Waals surface area contributed by atoms with Crippen LogP contribution in [0, 0.1) is 34.5 Å². The molecule has 1 aromatic carbocycles. The molecule has 1 aromatic heterocycles.